The first-order valence-electron chi connectivity index (χ1n) is 5.38. The number of esters is 1. The number of carboxylic acid groups (broad SMARTS) is 1. The van der Waals surface area contributed by atoms with Crippen molar-refractivity contribution in [2.45, 2.75) is 0 Å². The Bertz CT molecular complexity index is 637. The fourth-order valence-corrected chi connectivity index (χ4v) is 1.91. The zero-order valence-corrected chi connectivity index (χ0v) is 11.3. The number of rotatable bonds is 3. The van der Waals surface area contributed by atoms with Crippen molar-refractivity contribution in [3.8, 4) is 5.75 Å². The van der Waals surface area contributed by atoms with Crippen LogP contribution in [0.2, 0.25) is 0 Å². The van der Waals surface area contributed by atoms with Gasteiger partial charge in [-0.25, -0.2) is 9.59 Å². The van der Waals surface area contributed by atoms with Gasteiger partial charge in [-0.2, -0.15) is 0 Å². The van der Waals surface area contributed by atoms with Gasteiger partial charge in [-0.1, -0.05) is 34.1 Å². The molecule has 0 aliphatic heterocycles. The summed E-state index contributed by atoms with van der Waals surface area (Å²) in [6, 6.07) is 12.7. The Hall–Kier alpha value is -2.14. The van der Waals surface area contributed by atoms with Gasteiger partial charge in [0.2, 0.25) is 0 Å². The van der Waals surface area contributed by atoms with Crippen LogP contribution < -0.4 is 4.74 Å². The Morgan fingerprint density at radius 1 is 1.05 bits per heavy atom. The highest BCUT2D eigenvalue weighted by atomic mass is 79.9. The Labute approximate surface area is 117 Å². The van der Waals surface area contributed by atoms with Crippen LogP contribution in [0.3, 0.4) is 0 Å². The van der Waals surface area contributed by atoms with E-state index >= 15 is 0 Å². The summed E-state index contributed by atoms with van der Waals surface area (Å²) >= 11 is 3.25. The molecule has 4 nitrogen and oxygen atoms in total. The molecule has 0 spiro atoms. The highest BCUT2D eigenvalue weighted by Crippen LogP contribution is 2.20. The number of carbonyl (C=O) groups excluding carboxylic acids is 1. The molecule has 0 aliphatic rings. The van der Waals surface area contributed by atoms with E-state index in [-0.39, 0.29) is 11.3 Å². The summed E-state index contributed by atoms with van der Waals surface area (Å²) in [6.45, 7) is 0. The molecule has 96 valence electrons. The average molecular weight is 321 g/mol. The molecule has 0 fully saturated rings. The number of carbonyl (C=O) groups is 2. The van der Waals surface area contributed by atoms with Crippen molar-refractivity contribution in [2.24, 2.45) is 0 Å². The van der Waals surface area contributed by atoms with Crippen LogP contribution in [0.1, 0.15) is 20.7 Å². The second-order valence-corrected chi connectivity index (χ2v) is 4.62. The molecular formula is C14H9BrO4. The third-order valence-corrected chi connectivity index (χ3v) is 2.87. The number of hydrogen-bond donors (Lipinski definition) is 1. The molecule has 0 amide bonds. The fraction of sp³-hybridized carbons (Fsp3) is 0. The lowest BCUT2D eigenvalue weighted by Gasteiger charge is -2.07. The number of halogens is 1. The number of ether oxygens (including phenoxy) is 1. The maximum atomic E-state index is 11.9. The van der Waals surface area contributed by atoms with E-state index in [1.54, 1.807) is 36.4 Å². The summed E-state index contributed by atoms with van der Waals surface area (Å²) in [4.78, 5) is 22.9. The van der Waals surface area contributed by atoms with E-state index in [9.17, 15) is 9.59 Å². The Kier molecular flexibility index (Phi) is 3.97. The number of carboxylic acids is 1. The molecule has 0 heterocycles. The van der Waals surface area contributed by atoms with Gasteiger partial charge in [0.15, 0.2) is 0 Å². The van der Waals surface area contributed by atoms with Gasteiger partial charge >= 0.3 is 11.9 Å². The molecule has 0 atom stereocenters. The van der Waals surface area contributed by atoms with Crippen molar-refractivity contribution in [2.75, 3.05) is 0 Å². The van der Waals surface area contributed by atoms with Crippen molar-refractivity contribution in [1.82, 2.24) is 0 Å². The third-order valence-electron chi connectivity index (χ3n) is 2.38. The van der Waals surface area contributed by atoms with E-state index in [2.05, 4.69) is 15.9 Å². The van der Waals surface area contributed by atoms with Gasteiger partial charge in [-0.05, 0) is 30.3 Å². The Morgan fingerprint density at radius 2 is 1.79 bits per heavy atom. The molecule has 0 saturated heterocycles. The highest BCUT2D eigenvalue weighted by Gasteiger charge is 2.15. The molecule has 5 heteroatoms. The molecule has 0 unspecified atom stereocenters. The molecule has 0 aliphatic carbocycles. The number of aromatic carboxylic acids is 1. The molecule has 2 aromatic rings. The molecule has 0 aromatic heterocycles. The number of para-hydroxylation sites is 1. The molecular weight excluding hydrogens is 312 g/mol. The van der Waals surface area contributed by atoms with Crippen LogP contribution in [0.5, 0.6) is 5.75 Å². The monoisotopic (exact) mass is 320 g/mol. The van der Waals surface area contributed by atoms with E-state index in [1.165, 1.54) is 12.1 Å². The second kappa shape index (κ2) is 5.67. The van der Waals surface area contributed by atoms with Crippen LogP contribution in [0.15, 0.2) is 53.0 Å². The van der Waals surface area contributed by atoms with E-state index in [4.69, 9.17) is 9.84 Å². The quantitative estimate of drug-likeness (QED) is 0.695. The van der Waals surface area contributed by atoms with Crippen molar-refractivity contribution < 1.29 is 19.4 Å². The minimum atomic E-state index is -1.14. The number of hydrogen-bond acceptors (Lipinski definition) is 3. The van der Waals surface area contributed by atoms with Gasteiger partial charge in [-0.3, -0.25) is 0 Å². The Balaban J connectivity index is 2.27. The van der Waals surface area contributed by atoms with Crippen LogP contribution in [0.4, 0.5) is 0 Å². The first-order valence-corrected chi connectivity index (χ1v) is 6.17. The highest BCUT2D eigenvalue weighted by molar-refractivity contribution is 9.10. The predicted octanol–water partition coefficient (Wildman–Crippen LogP) is 3.37. The lowest BCUT2D eigenvalue weighted by Crippen LogP contribution is -2.11. The average Bonchev–Trinajstić information content (AvgIpc) is 2.39. The maximum Gasteiger partial charge on any atom is 0.343 e. The zero-order chi connectivity index (χ0) is 13.8. The first kappa shape index (κ1) is 13.3. The van der Waals surface area contributed by atoms with Gasteiger partial charge in [0, 0.05) is 4.47 Å². The molecule has 0 bridgehead atoms. The molecule has 0 radical (unpaired) electrons. The van der Waals surface area contributed by atoms with E-state index in [0.717, 1.165) is 4.47 Å². The first-order chi connectivity index (χ1) is 9.08. The lowest BCUT2D eigenvalue weighted by atomic mass is 10.2. The summed E-state index contributed by atoms with van der Waals surface area (Å²) < 4.78 is 5.85. The summed E-state index contributed by atoms with van der Waals surface area (Å²) in [6.07, 6.45) is 0. The third kappa shape index (κ3) is 3.20. The largest absolute Gasteiger partial charge is 0.478 e. The minimum absolute atomic E-state index is 0.0278. The number of benzene rings is 2. The van der Waals surface area contributed by atoms with Crippen molar-refractivity contribution in [1.29, 1.82) is 0 Å². The van der Waals surface area contributed by atoms with E-state index in [1.807, 2.05) is 0 Å². The normalized spacial score (nSPS) is 9.95. The van der Waals surface area contributed by atoms with Crippen LogP contribution in [-0.2, 0) is 0 Å². The Morgan fingerprint density at radius 3 is 2.47 bits per heavy atom. The SMILES string of the molecule is O=C(Oc1ccccc1C(=O)O)c1cccc(Br)c1. The van der Waals surface area contributed by atoms with Gasteiger partial charge < -0.3 is 9.84 Å². The summed E-state index contributed by atoms with van der Waals surface area (Å²) in [5.74, 6) is -1.72. The van der Waals surface area contributed by atoms with Gasteiger partial charge in [-0.15, -0.1) is 0 Å². The van der Waals surface area contributed by atoms with Crippen molar-refractivity contribution >= 4 is 27.9 Å². The standard InChI is InChI=1S/C14H9BrO4/c15-10-5-3-4-9(8-10)14(18)19-12-7-2-1-6-11(12)13(16)17/h1-8H,(H,16,17). The summed E-state index contributed by atoms with van der Waals surface area (Å²) in [5, 5.41) is 8.99. The lowest BCUT2D eigenvalue weighted by molar-refractivity contribution is 0.0681. The van der Waals surface area contributed by atoms with E-state index < -0.39 is 11.9 Å². The zero-order valence-electron chi connectivity index (χ0n) is 9.67. The minimum Gasteiger partial charge on any atom is -0.478 e. The summed E-state index contributed by atoms with van der Waals surface area (Å²) in [5.41, 5.74) is 0.292. The molecule has 2 aromatic carbocycles. The van der Waals surface area contributed by atoms with Gasteiger partial charge in [0.1, 0.15) is 11.3 Å². The topological polar surface area (TPSA) is 63.6 Å². The maximum absolute atomic E-state index is 11.9. The van der Waals surface area contributed by atoms with E-state index in [0.29, 0.717) is 5.56 Å². The predicted molar refractivity (Wildman–Crippen MR) is 72.5 cm³/mol. The van der Waals surface area contributed by atoms with Crippen molar-refractivity contribution in [3.05, 3.63) is 64.1 Å². The van der Waals surface area contributed by atoms with Gasteiger partial charge in [0.05, 0.1) is 5.56 Å². The van der Waals surface area contributed by atoms with Crippen LogP contribution in [0.25, 0.3) is 0 Å². The van der Waals surface area contributed by atoms with Crippen molar-refractivity contribution in [3.63, 3.8) is 0 Å². The molecule has 19 heavy (non-hydrogen) atoms. The van der Waals surface area contributed by atoms with Crippen LogP contribution in [0, 0.1) is 0 Å². The smallest absolute Gasteiger partial charge is 0.343 e. The second-order valence-electron chi connectivity index (χ2n) is 3.70. The molecule has 2 rings (SSSR count). The fourth-order valence-electron chi connectivity index (χ4n) is 1.51. The molecule has 0 saturated carbocycles. The van der Waals surface area contributed by atoms with Gasteiger partial charge in [0.25, 0.3) is 0 Å². The van der Waals surface area contributed by atoms with Crippen LogP contribution >= 0.6 is 15.9 Å². The summed E-state index contributed by atoms with van der Waals surface area (Å²) in [7, 11) is 0. The van der Waals surface area contributed by atoms with Crippen LogP contribution in [-0.4, -0.2) is 17.0 Å². The molecule has 1 N–H and O–H groups in total.